The molecule has 4 rings (SSSR count). The van der Waals surface area contributed by atoms with Crippen molar-refractivity contribution < 1.29 is 28.4 Å². The van der Waals surface area contributed by atoms with E-state index < -0.39 is 22.4 Å². The van der Waals surface area contributed by atoms with Gasteiger partial charge in [0.05, 0.1) is 37.9 Å². The number of likely N-dealkylation sites (tertiary alicyclic amines) is 1. The van der Waals surface area contributed by atoms with E-state index in [0.717, 1.165) is 0 Å². The molecule has 1 fully saturated rings. The molecule has 11 nitrogen and oxygen atoms in total. The molecule has 1 aromatic heterocycles. The fraction of sp³-hybridized carbons (Fsp3) is 0.346. The zero-order valence-corrected chi connectivity index (χ0v) is 21.5. The molecule has 1 aliphatic heterocycles. The van der Waals surface area contributed by atoms with Crippen LogP contribution in [-0.4, -0.2) is 70.9 Å². The van der Waals surface area contributed by atoms with E-state index in [4.69, 9.17) is 9.47 Å². The lowest BCUT2D eigenvalue weighted by Gasteiger charge is -2.23. The molecule has 2 heterocycles. The van der Waals surface area contributed by atoms with Gasteiger partial charge in [0.2, 0.25) is 0 Å². The van der Waals surface area contributed by atoms with Crippen molar-refractivity contribution in [1.29, 1.82) is 0 Å². The molecule has 0 saturated carbocycles. The minimum absolute atomic E-state index is 0.0119. The summed E-state index contributed by atoms with van der Waals surface area (Å²) in [6.45, 7) is 1.54. The van der Waals surface area contributed by atoms with Crippen LogP contribution in [0.4, 0.5) is 10.1 Å². The van der Waals surface area contributed by atoms with Crippen LogP contribution in [0.5, 0.6) is 11.5 Å². The third-order valence-corrected chi connectivity index (χ3v) is 6.56. The van der Waals surface area contributed by atoms with E-state index in [2.05, 4.69) is 9.97 Å². The maximum Gasteiger partial charge on any atom is 0.312 e. The number of nitro groups is 1. The molecule has 200 valence electrons. The Morgan fingerprint density at radius 1 is 1.21 bits per heavy atom. The van der Waals surface area contributed by atoms with Gasteiger partial charge in [-0.1, -0.05) is 12.1 Å². The first-order valence-electron chi connectivity index (χ1n) is 11.8. The molecule has 1 N–H and O–H groups in total. The number of halogens is 1. The molecule has 0 aliphatic carbocycles. The van der Waals surface area contributed by atoms with E-state index in [0.29, 0.717) is 39.8 Å². The topological polar surface area (TPSA) is 131 Å². The number of alkyl halides is 1. The second kappa shape index (κ2) is 10.5. The lowest BCUT2D eigenvalue weighted by Crippen LogP contribution is -2.43. The number of methoxy groups -OCH3 is 2. The normalized spacial score (nSPS) is 16.8. The van der Waals surface area contributed by atoms with Crippen LogP contribution >= 0.6 is 0 Å². The standard InChI is InChI=1S/C26H28FN5O6/c1-16-23(17-6-5-7-19(10-17)32(35)36)29-22(28-16)14-30(2)24(33)25(34)31-9-8-26(27,15-31)18-11-20(37-3)13-21(12-18)38-4/h5-7,10-13H,8-9,14-15H2,1-4H3,(H,28,29). The summed E-state index contributed by atoms with van der Waals surface area (Å²) in [6, 6.07) is 10.8. The molecule has 0 spiro atoms. The average Bonchev–Trinajstić information content (AvgIpc) is 3.50. The Bertz CT molecular complexity index is 1370. The van der Waals surface area contributed by atoms with Crippen LogP contribution in [0.1, 0.15) is 23.5 Å². The molecule has 2 aromatic carbocycles. The molecular weight excluding hydrogens is 497 g/mol. The average molecular weight is 526 g/mol. The maximum atomic E-state index is 15.9. The van der Waals surface area contributed by atoms with Gasteiger partial charge in [-0.2, -0.15) is 0 Å². The Balaban J connectivity index is 1.44. The van der Waals surface area contributed by atoms with Gasteiger partial charge in [0.1, 0.15) is 17.3 Å². The van der Waals surface area contributed by atoms with E-state index in [1.165, 1.54) is 43.2 Å². The van der Waals surface area contributed by atoms with Crippen molar-refractivity contribution in [3.63, 3.8) is 0 Å². The van der Waals surface area contributed by atoms with Crippen molar-refractivity contribution in [3.8, 4) is 22.8 Å². The van der Waals surface area contributed by atoms with Gasteiger partial charge < -0.3 is 24.3 Å². The largest absolute Gasteiger partial charge is 0.497 e. The Hall–Kier alpha value is -4.48. The number of nitrogens with zero attached hydrogens (tertiary/aromatic N) is 4. The van der Waals surface area contributed by atoms with Crippen LogP contribution in [0.2, 0.25) is 0 Å². The number of nitro benzene ring substituents is 1. The number of aromatic amines is 1. The molecule has 38 heavy (non-hydrogen) atoms. The second-order valence-electron chi connectivity index (χ2n) is 9.17. The number of benzene rings is 2. The Kier molecular flexibility index (Phi) is 7.33. The van der Waals surface area contributed by atoms with E-state index in [-0.39, 0.29) is 31.7 Å². The van der Waals surface area contributed by atoms with Gasteiger partial charge in [0.15, 0.2) is 5.67 Å². The zero-order chi connectivity index (χ0) is 27.6. The summed E-state index contributed by atoms with van der Waals surface area (Å²) in [7, 11) is 4.39. The van der Waals surface area contributed by atoms with Gasteiger partial charge >= 0.3 is 11.8 Å². The number of rotatable bonds is 7. The number of carbonyl (C=O) groups excluding carboxylic acids is 2. The smallest absolute Gasteiger partial charge is 0.312 e. The molecule has 12 heteroatoms. The summed E-state index contributed by atoms with van der Waals surface area (Å²) in [5.74, 6) is -0.366. The van der Waals surface area contributed by atoms with Crippen molar-refractivity contribution >= 4 is 17.5 Å². The lowest BCUT2D eigenvalue weighted by atomic mass is 9.94. The fourth-order valence-corrected chi connectivity index (χ4v) is 4.49. The van der Waals surface area contributed by atoms with E-state index in [9.17, 15) is 19.7 Å². The fourth-order valence-electron chi connectivity index (χ4n) is 4.49. The zero-order valence-electron chi connectivity index (χ0n) is 21.5. The van der Waals surface area contributed by atoms with Crippen LogP contribution in [0.25, 0.3) is 11.3 Å². The van der Waals surface area contributed by atoms with Crippen LogP contribution in [0.15, 0.2) is 42.5 Å². The van der Waals surface area contributed by atoms with E-state index in [1.54, 1.807) is 37.3 Å². The summed E-state index contributed by atoms with van der Waals surface area (Å²) in [4.78, 5) is 46.4. The first kappa shape index (κ1) is 26.6. The third kappa shape index (κ3) is 5.29. The molecule has 0 bridgehead atoms. The Labute approximate surface area is 218 Å². The van der Waals surface area contributed by atoms with Crippen LogP contribution < -0.4 is 9.47 Å². The number of aryl methyl sites for hydroxylation is 1. The summed E-state index contributed by atoms with van der Waals surface area (Å²) in [6.07, 6.45) is 0.0238. The minimum atomic E-state index is -1.86. The van der Waals surface area contributed by atoms with Crippen LogP contribution in [-0.2, 0) is 21.8 Å². The van der Waals surface area contributed by atoms with Crippen LogP contribution in [0, 0.1) is 17.0 Å². The predicted molar refractivity (Wildman–Crippen MR) is 135 cm³/mol. The first-order valence-corrected chi connectivity index (χ1v) is 11.8. The van der Waals surface area contributed by atoms with E-state index in [1.807, 2.05) is 0 Å². The number of nitrogens with one attached hydrogen (secondary N) is 1. The highest BCUT2D eigenvalue weighted by Crippen LogP contribution is 2.39. The molecule has 3 aromatic rings. The third-order valence-electron chi connectivity index (χ3n) is 6.56. The van der Waals surface area contributed by atoms with Crippen molar-refractivity contribution in [2.45, 2.75) is 25.6 Å². The van der Waals surface area contributed by atoms with Gasteiger partial charge in [0.25, 0.3) is 5.69 Å². The van der Waals surface area contributed by atoms with Gasteiger partial charge in [-0.15, -0.1) is 0 Å². The van der Waals surface area contributed by atoms with Gasteiger partial charge in [-0.05, 0) is 24.6 Å². The lowest BCUT2D eigenvalue weighted by molar-refractivity contribution is -0.384. The monoisotopic (exact) mass is 525 g/mol. The summed E-state index contributed by atoms with van der Waals surface area (Å²) in [5.41, 5.74) is 0.0990. The number of hydrogen-bond donors (Lipinski definition) is 1. The van der Waals surface area contributed by atoms with Crippen LogP contribution in [0.3, 0.4) is 0 Å². The summed E-state index contributed by atoms with van der Waals surface area (Å²) in [5, 5.41) is 11.1. The van der Waals surface area contributed by atoms with Crippen molar-refractivity contribution in [3.05, 3.63) is 69.7 Å². The Morgan fingerprint density at radius 2 is 1.89 bits per heavy atom. The molecule has 1 unspecified atom stereocenters. The maximum absolute atomic E-state index is 15.9. The number of imidazole rings is 1. The van der Waals surface area contributed by atoms with Crippen molar-refractivity contribution in [2.75, 3.05) is 34.4 Å². The highest BCUT2D eigenvalue weighted by Gasteiger charge is 2.44. The number of H-pyrrole nitrogens is 1. The van der Waals surface area contributed by atoms with Gasteiger partial charge in [0, 0.05) is 49.5 Å². The highest BCUT2D eigenvalue weighted by molar-refractivity contribution is 6.34. The van der Waals surface area contributed by atoms with Gasteiger partial charge in [-0.3, -0.25) is 19.7 Å². The number of hydrogen-bond acceptors (Lipinski definition) is 7. The molecule has 1 saturated heterocycles. The SMILES string of the molecule is COc1cc(OC)cc(C2(F)CCN(C(=O)C(=O)N(C)Cc3nc(-c4cccc([N+](=O)[O-])c4)c(C)[nH]3)C2)c1. The van der Waals surface area contributed by atoms with Gasteiger partial charge in [-0.25, -0.2) is 9.37 Å². The molecule has 1 aliphatic rings. The molecule has 0 radical (unpaired) electrons. The minimum Gasteiger partial charge on any atom is -0.497 e. The molecule has 2 amide bonds. The highest BCUT2D eigenvalue weighted by atomic mass is 19.1. The number of aromatic nitrogens is 2. The second-order valence-corrected chi connectivity index (χ2v) is 9.17. The predicted octanol–water partition coefficient (Wildman–Crippen LogP) is 3.37. The summed E-state index contributed by atoms with van der Waals surface area (Å²) >= 11 is 0. The quantitative estimate of drug-likeness (QED) is 0.284. The number of carbonyl (C=O) groups is 2. The number of likely N-dealkylation sites (N-methyl/N-ethyl adjacent to an activating group) is 1. The molecular formula is C26H28FN5O6. The summed E-state index contributed by atoms with van der Waals surface area (Å²) < 4.78 is 26.4. The number of non-ortho nitro benzene ring substituents is 1. The van der Waals surface area contributed by atoms with E-state index >= 15 is 4.39 Å². The number of ether oxygens (including phenoxy) is 2. The Morgan fingerprint density at radius 3 is 2.53 bits per heavy atom. The van der Waals surface area contributed by atoms with Crippen molar-refractivity contribution in [1.82, 2.24) is 19.8 Å². The first-order chi connectivity index (χ1) is 18.0. The molecule has 1 atom stereocenters. The van der Waals surface area contributed by atoms with Crippen molar-refractivity contribution in [2.24, 2.45) is 0 Å². The number of amides is 2.